The zero-order valence-corrected chi connectivity index (χ0v) is 18.0. The summed E-state index contributed by atoms with van der Waals surface area (Å²) in [5.74, 6) is 1.77. The summed E-state index contributed by atoms with van der Waals surface area (Å²) < 4.78 is 0. The maximum absolute atomic E-state index is 4.77. The first-order valence-electron chi connectivity index (χ1n) is 10.2. The van der Waals surface area contributed by atoms with Crippen LogP contribution in [0.5, 0.6) is 0 Å². The summed E-state index contributed by atoms with van der Waals surface area (Å²) in [5, 5.41) is 3.45. The number of anilines is 3. The van der Waals surface area contributed by atoms with Crippen LogP contribution in [0.4, 0.5) is 17.5 Å². The molecular formula is C22H34N6. The monoisotopic (exact) mass is 382 g/mol. The SMILES string of the molecule is Cc1cc(NCCCN(C)C)nc(N2CCN(c3cccc(C)c3C)CC2)n1. The van der Waals surface area contributed by atoms with E-state index in [-0.39, 0.29) is 0 Å². The molecule has 1 aromatic heterocycles. The van der Waals surface area contributed by atoms with E-state index in [2.05, 4.69) is 66.2 Å². The Morgan fingerprint density at radius 2 is 1.71 bits per heavy atom. The fourth-order valence-corrected chi connectivity index (χ4v) is 3.62. The van der Waals surface area contributed by atoms with Gasteiger partial charge in [0.15, 0.2) is 0 Å². The summed E-state index contributed by atoms with van der Waals surface area (Å²) in [7, 11) is 4.20. The van der Waals surface area contributed by atoms with Gasteiger partial charge >= 0.3 is 0 Å². The first-order chi connectivity index (χ1) is 13.4. The van der Waals surface area contributed by atoms with Gasteiger partial charge in [-0.05, 0) is 65.0 Å². The summed E-state index contributed by atoms with van der Waals surface area (Å²) in [6, 6.07) is 8.60. The predicted molar refractivity (Wildman–Crippen MR) is 119 cm³/mol. The molecule has 1 aliphatic heterocycles. The van der Waals surface area contributed by atoms with Gasteiger partial charge in [0.25, 0.3) is 0 Å². The van der Waals surface area contributed by atoms with Crippen LogP contribution in [0.15, 0.2) is 24.3 Å². The topological polar surface area (TPSA) is 47.5 Å². The van der Waals surface area contributed by atoms with Gasteiger partial charge in [-0.1, -0.05) is 12.1 Å². The van der Waals surface area contributed by atoms with E-state index in [9.17, 15) is 0 Å². The fourth-order valence-electron chi connectivity index (χ4n) is 3.62. The van der Waals surface area contributed by atoms with Crippen LogP contribution in [0, 0.1) is 20.8 Å². The van der Waals surface area contributed by atoms with Gasteiger partial charge in [0.05, 0.1) is 0 Å². The average Bonchev–Trinajstić information content (AvgIpc) is 2.67. The molecular weight excluding hydrogens is 348 g/mol. The second-order valence-electron chi connectivity index (χ2n) is 7.97. The number of hydrogen-bond donors (Lipinski definition) is 1. The molecule has 0 radical (unpaired) electrons. The smallest absolute Gasteiger partial charge is 0.227 e. The van der Waals surface area contributed by atoms with Gasteiger partial charge in [-0.3, -0.25) is 0 Å². The zero-order valence-electron chi connectivity index (χ0n) is 18.0. The standard InChI is InChI=1S/C22H34N6/c1-17-8-6-9-20(19(17)3)27-12-14-28(15-13-27)22-24-18(2)16-21(25-22)23-10-7-11-26(4)5/h6,8-9,16H,7,10-15H2,1-5H3,(H,23,24,25). The molecule has 3 rings (SSSR count). The van der Waals surface area contributed by atoms with Crippen molar-refractivity contribution in [2.75, 3.05) is 68.5 Å². The first-order valence-corrected chi connectivity index (χ1v) is 10.2. The number of aryl methyl sites for hydroxylation is 2. The second-order valence-corrected chi connectivity index (χ2v) is 7.97. The van der Waals surface area contributed by atoms with E-state index >= 15 is 0 Å². The fraction of sp³-hybridized carbons (Fsp3) is 0.545. The van der Waals surface area contributed by atoms with Crippen molar-refractivity contribution in [3.05, 3.63) is 41.1 Å². The average molecular weight is 383 g/mol. The van der Waals surface area contributed by atoms with E-state index in [0.717, 1.165) is 63.1 Å². The van der Waals surface area contributed by atoms with Crippen molar-refractivity contribution in [1.29, 1.82) is 0 Å². The number of piperazine rings is 1. The van der Waals surface area contributed by atoms with Crippen molar-refractivity contribution >= 4 is 17.5 Å². The van der Waals surface area contributed by atoms with Crippen LogP contribution < -0.4 is 15.1 Å². The van der Waals surface area contributed by atoms with E-state index in [0.29, 0.717) is 0 Å². The summed E-state index contributed by atoms with van der Waals surface area (Å²) in [5.41, 5.74) is 5.10. The van der Waals surface area contributed by atoms with Crippen LogP contribution in [0.2, 0.25) is 0 Å². The zero-order chi connectivity index (χ0) is 20.1. The maximum atomic E-state index is 4.77. The molecule has 1 N–H and O–H groups in total. The molecule has 6 nitrogen and oxygen atoms in total. The molecule has 2 aromatic rings. The Hall–Kier alpha value is -2.34. The van der Waals surface area contributed by atoms with Crippen molar-refractivity contribution in [3.63, 3.8) is 0 Å². The number of aromatic nitrogens is 2. The number of nitrogens with zero attached hydrogens (tertiary/aromatic N) is 5. The Morgan fingerprint density at radius 1 is 1.00 bits per heavy atom. The highest BCUT2D eigenvalue weighted by Crippen LogP contribution is 2.25. The van der Waals surface area contributed by atoms with Crippen molar-refractivity contribution < 1.29 is 0 Å². The first kappa shape index (κ1) is 20.4. The quantitative estimate of drug-likeness (QED) is 0.743. The Balaban J connectivity index is 1.61. The lowest BCUT2D eigenvalue weighted by Gasteiger charge is -2.37. The predicted octanol–water partition coefficient (Wildman–Crippen LogP) is 3.09. The van der Waals surface area contributed by atoms with Crippen LogP contribution in [-0.4, -0.2) is 68.2 Å². The Bertz CT molecular complexity index is 781. The Labute approximate surface area is 169 Å². The highest BCUT2D eigenvalue weighted by Gasteiger charge is 2.21. The lowest BCUT2D eigenvalue weighted by Crippen LogP contribution is -2.47. The lowest BCUT2D eigenvalue weighted by atomic mass is 10.1. The summed E-state index contributed by atoms with van der Waals surface area (Å²) in [4.78, 5) is 16.5. The molecule has 1 saturated heterocycles. The van der Waals surface area contributed by atoms with Crippen molar-refractivity contribution in [1.82, 2.24) is 14.9 Å². The third-order valence-corrected chi connectivity index (χ3v) is 5.41. The molecule has 1 fully saturated rings. The largest absolute Gasteiger partial charge is 0.370 e. The highest BCUT2D eigenvalue weighted by atomic mass is 15.3. The van der Waals surface area contributed by atoms with Gasteiger partial charge < -0.3 is 20.0 Å². The molecule has 152 valence electrons. The number of rotatable bonds is 7. The van der Waals surface area contributed by atoms with E-state index in [4.69, 9.17) is 9.97 Å². The maximum Gasteiger partial charge on any atom is 0.227 e. The van der Waals surface area contributed by atoms with Crippen molar-refractivity contribution in [2.24, 2.45) is 0 Å². The van der Waals surface area contributed by atoms with E-state index < -0.39 is 0 Å². The van der Waals surface area contributed by atoms with Gasteiger partial charge in [-0.15, -0.1) is 0 Å². The third kappa shape index (κ3) is 5.13. The molecule has 0 atom stereocenters. The molecule has 0 aliphatic carbocycles. The minimum atomic E-state index is 0.843. The van der Waals surface area contributed by atoms with Crippen LogP contribution in [-0.2, 0) is 0 Å². The van der Waals surface area contributed by atoms with Gasteiger partial charge in [0.1, 0.15) is 5.82 Å². The molecule has 0 amide bonds. The van der Waals surface area contributed by atoms with Crippen LogP contribution in [0.25, 0.3) is 0 Å². The van der Waals surface area contributed by atoms with E-state index in [1.54, 1.807) is 0 Å². The molecule has 6 heteroatoms. The van der Waals surface area contributed by atoms with Crippen molar-refractivity contribution in [2.45, 2.75) is 27.2 Å². The van der Waals surface area contributed by atoms with Crippen molar-refractivity contribution in [3.8, 4) is 0 Å². The molecule has 0 unspecified atom stereocenters. The number of benzene rings is 1. The van der Waals surface area contributed by atoms with Crippen LogP contribution in [0.1, 0.15) is 23.2 Å². The minimum Gasteiger partial charge on any atom is -0.370 e. The second kappa shape index (κ2) is 9.24. The Kier molecular flexibility index (Phi) is 6.73. The van der Waals surface area contributed by atoms with Crippen LogP contribution in [0.3, 0.4) is 0 Å². The number of hydrogen-bond acceptors (Lipinski definition) is 6. The van der Waals surface area contributed by atoms with Gasteiger partial charge in [0, 0.05) is 50.2 Å². The summed E-state index contributed by atoms with van der Waals surface area (Å²) in [6.45, 7) is 12.3. The Morgan fingerprint density at radius 3 is 2.43 bits per heavy atom. The summed E-state index contributed by atoms with van der Waals surface area (Å²) >= 11 is 0. The van der Waals surface area contributed by atoms with Crippen LogP contribution >= 0.6 is 0 Å². The molecule has 0 saturated carbocycles. The molecule has 2 heterocycles. The number of nitrogens with one attached hydrogen (secondary N) is 1. The molecule has 0 spiro atoms. The van der Waals surface area contributed by atoms with Gasteiger partial charge in [-0.2, -0.15) is 4.98 Å². The van der Waals surface area contributed by atoms with E-state index in [1.165, 1.54) is 16.8 Å². The minimum absolute atomic E-state index is 0.843. The molecule has 1 aliphatic rings. The molecule has 0 bridgehead atoms. The lowest BCUT2D eigenvalue weighted by molar-refractivity contribution is 0.405. The summed E-state index contributed by atoms with van der Waals surface area (Å²) in [6.07, 6.45) is 1.10. The van der Waals surface area contributed by atoms with Gasteiger partial charge in [-0.25, -0.2) is 4.98 Å². The normalized spacial score (nSPS) is 14.6. The third-order valence-electron chi connectivity index (χ3n) is 5.41. The molecule has 28 heavy (non-hydrogen) atoms. The van der Waals surface area contributed by atoms with E-state index in [1.807, 2.05) is 13.0 Å². The van der Waals surface area contributed by atoms with Gasteiger partial charge in [0.2, 0.25) is 5.95 Å². The highest BCUT2D eigenvalue weighted by molar-refractivity contribution is 5.57. The molecule has 1 aromatic carbocycles.